The fourth-order valence-corrected chi connectivity index (χ4v) is 2.14. The number of rotatable bonds is 4. The Hall–Kier alpha value is -0.670. The molecule has 0 saturated heterocycles. The molecule has 1 aromatic heterocycles. The van der Waals surface area contributed by atoms with Crippen molar-refractivity contribution >= 4 is 34.8 Å². The molecule has 2 aromatic rings. The topological polar surface area (TPSA) is 25.2 Å². The molecule has 0 unspecified atom stereocenters. The van der Waals surface area contributed by atoms with Crippen molar-refractivity contribution in [1.82, 2.24) is 5.32 Å². The minimum absolute atomic E-state index is 0.499. The molecule has 2 nitrogen and oxygen atoms in total. The van der Waals surface area contributed by atoms with Crippen LogP contribution in [0.1, 0.15) is 11.1 Å². The van der Waals surface area contributed by atoms with Gasteiger partial charge in [-0.1, -0.05) is 34.8 Å². The zero-order chi connectivity index (χ0) is 12.3. The Bertz CT molecular complexity index is 497. The van der Waals surface area contributed by atoms with Crippen molar-refractivity contribution in [3.63, 3.8) is 0 Å². The molecule has 0 fully saturated rings. The van der Waals surface area contributed by atoms with Crippen LogP contribution in [0.15, 0.2) is 35.1 Å². The van der Waals surface area contributed by atoms with Gasteiger partial charge in [-0.3, -0.25) is 0 Å². The lowest BCUT2D eigenvalue weighted by Gasteiger charge is -2.09. The summed E-state index contributed by atoms with van der Waals surface area (Å²) in [6.07, 6.45) is 3.32. The van der Waals surface area contributed by atoms with E-state index in [1.807, 2.05) is 6.07 Å². The van der Waals surface area contributed by atoms with Gasteiger partial charge in [-0.15, -0.1) is 0 Å². The molecule has 17 heavy (non-hydrogen) atoms. The summed E-state index contributed by atoms with van der Waals surface area (Å²) in [6, 6.07) is 5.32. The molecule has 90 valence electrons. The number of hydrogen-bond acceptors (Lipinski definition) is 2. The van der Waals surface area contributed by atoms with Gasteiger partial charge >= 0.3 is 0 Å². The third kappa shape index (κ3) is 3.17. The highest BCUT2D eigenvalue weighted by molar-refractivity contribution is 6.44. The molecule has 5 heteroatoms. The zero-order valence-corrected chi connectivity index (χ0v) is 11.1. The minimum Gasteiger partial charge on any atom is -0.472 e. The first-order valence-electron chi connectivity index (χ1n) is 5.02. The fourth-order valence-electron chi connectivity index (χ4n) is 1.46. The second kappa shape index (κ2) is 5.78. The molecule has 0 aliphatic carbocycles. The molecule has 0 aliphatic heterocycles. The third-order valence-corrected chi connectivity index (χ3v) is 3.55. The van der Waals surface area contributed by atoms with Crippen LogP contribution in [0.25, 0.3) is 0 Å². The average Bonchev–Trinajstić information content (AvgIpc) is 2.81. The summed E-state index contributed by atoms with van der Waals surface area (Å²) >= 11 is 18.1. The molecule has 0 bridgehead atoms. The second-order valence-electron chi connectivity index (χ2n) is 3.56. The van der Waals surface area contributed by atoms with Crippen LogP contribution < -0.4 is 5.32 Å². The molecular formula is C12H10Cl3NO. The van der Waals surface area contributed by atoms with Gasteiger partial charge in [0.15, 0.2) is 0 Å². The Morgan fingerprint density at radius 1 is 1.00 bits per heavy atom. The van der Waals surface area contributed by atoms with Gasteiger partial charge in [-0.2, -0.15) is 0 Å². The monoisotopic (exact) mass is 289 g/mol. The Kier molecular flexibility index (Phi) is 4.35. The van der Waals surface area contributed by atoms with Gasteiger partial charge in [0, 0.05) is 29.2 Å². The summed E-state index contributed by atoms with van der Waals surface area (Å²) in [5, 5.41) is 4.84. The maximum atomic E-state index is 6.08. The van der Waals surface area contributed by atoms with Crippen LogP contribution >= 0.6 is 34.8 Å². The quantitative estimate of drug-likeness (QED) is 0.837. The second-order valence-corrected chi connectivity index (χ2v) is 4.75. The van der Waals surface area contributed by atoms with Gasteiger partial charge in [-0.05, 0) is 18.2 Å². The van der Waals surface area contributed by atoms with Crippen LogP contribution in [0.2, 0.25) is 15.1 Å². The molecule has 0 aliphatic rings. The summed E-state index contributed by atoms with van der Waals surface area (Å²) in [5.41, 5.74) is 1.88. The van der Waals surface area contributed by atoms with E-state index >= 15 is 0 Å². The smallest absolute Gasteiger partial charge is 0.0947 e. The number of nitrogens with one attached hydrogen (secondary N) is 1. The Balaban J connectivity index is 2.01. The predicted molar refractivity (Wildman–Crippen MR) is 70.7 cm³/mol. The number of furan rings is 1. The predicted octanol–water partition coefficient (Wildman–Crippen LogP) is 4.53. The van der Waals surface area contributed by atoms with Crippen molar-refractivity contribution in [1.29, 1.82) is 0 Å². The number of benzene rings is 1. The molecular weight excluding hydrogens is 280 g/mol. The fraction of sp³-hybridized carbons (Fsp3) is 0.167. The Labute approximate surface area is 114 Å². The van der Waals surface area contributed by atoms with Crippen molar-refractivity contribution in [2.45, 2.75) is 13.1 Å². The normalized spacial score (nSPS) is 10.8. The first-order valence-corrected chi connectivity index (χ1v) is 6.16. The first-order chi connectivity index (χ1) is 8.18. The summed E-state index contributed by atoms with van der Waals surface area (Å²) in [5.74, 6) is 0. The molecule has 0 spiro atoms. The van der Waals surface area contributed by atoms with Crippen molar-refractivity contribution in [3.8, 4) is 0 Å². The molecule has 0 radical (unpaired) electrons. The van der Waals surface area contributed by atoms with E-state index in [1.165, 1.54) is 0 Å². The highest BCUT2D eigenvalue weighted by Gasteiger charge is 2.09. The van der Waals surface area contributed by atoms with Crippen molar-refractivity contribution < 1.29 is 4.42 Å². The molecule has 2 rings (SSSR count). The van der Waals surface area contributed by atoms with E-state index in [1.54, 1.807) is 24.7 Å². The van der Waals surface area contributed by atoms with E-state index in [-0.39, 0.29) is 0 Å². The van der Waals surface area contributed by atoms with E-state index in [2.05, 4.69) is 5.32 Å². The molecule has 1 N–H and O–H groups in total. The van der Waals surface area contributed by atoms with Gasteiger partial charge in [-0.25, -0.2) is 0 Å². The van der Waals surface area contributed by atoms with Crippen molar-refractivity contribution in [2.75, 3.05) is 0 Å². The van der Waals surface area contributed by atoms with Crippen molar-refractivity contribution in [2.24, 2.45) is 0 Å². The number of halogens is 3. The maximum absolute atomic E-state index is 6.08. The summed E-state index contributed by atoms with van der Waals surface area (Å²) < 4.78 is 4.97. The lowest BCUT2D eigenvalue weighted by Crippen LogP contribution is -2.12. The van der Waals surface area contributed by atoms with Crippen LogP contribution in [-0.2, 0) is 13.1 Å². The Morgan fingerprint density at radius 3 is 2.47 bits per heavy atom. The summed E-state index contributed by atoms with van der Waals surface area (Å²) in [6.45, 7) is 1.25. The van der Waals surface area contributed by atoms with E-state index in [4.69, 9.17) is 39.2 Å². The minimum atomic E-state index is 0.499. The van der Waals surface area contributed by atoms with E-state index in [9.17, 15) is 0 Å². The van der Waals surface area contributed by atoms with Gasteiger partial charge in [0.2, 0.25) is 0 Å². The summed E-state index contributed by atoms with van der Waals surface area (Å²) in [7, 11) is 0. The molecule has 1 heterocycles. The van der Waals surface area contributed by atoms with Gasteiger partial charge in [0.05, 0.1) is 22.6 Å². The number of hydrogen-bond donors (Lipinski definition) is 1. The lowest BCUT2D eigenvalue weighted by atomic mass is 10.2. The SMILES string of the molecule is Clc1ccc(Cl)c(CNCc2ccoc2)c1Cl. The van der Waals surface area contributed by atoms with Crippen LogP contribution in [0, 0.1) is 0 Å². The highest BCUT2D eigenvalue weighted by Crippen LogP contribution is 2.31. The van der Waals surface area contributed by atoms with Crippen LogP contribution in [0.3, 0.4) is 0 Å². The molecule has 0 atom stereocenters. The molecule has 0 amide bonds. The standard InChI is InChI=1S/C12H10Cl3NO/c13-10-1-2-11(14)12(15)9(10)6-16-5-8-3-4-17-7-8/h1-4,7,16H,5-6H2. The van der Waals surface area contributed by atoms with Gasteiger partial charge < -0.3 is 9.73 Å². The highest BCUT2D eigenvalue weighted by atomic mass is 35.5. The summed E-state index contributed by atoms with van der Waals surface area (Å²) in [4.78, 5) is 0. The van der Waals surface area contributed by atoms with Gasteiger partial charge in [0.1, 0.15) is 0 Å². The first kappa shape index (κ1) is 12.8. The van der Waals surface area contributed by atoms with Crippen molar-refractivity contribution in [3.05, 3.63) is 56.9 Å². The van der Waals surface area contributed by atoms with E-state index < -0.39 is 0 Å². The largest absolute Gasteiger partial charge is 0.472 e. The maximum Gasteiger partial charge on any atom is 0.0947 e. The molecule has 0 saturated carbocycles. The van der Waals surface area contributed by atoms with E-state index in [0.29, 0.717) is 28.2 Å². The third-order valence-electron chi connectivity index (χ3n) is 2.35. The molecule has 1 aromatic carbocycles. The zero-order valence-electron chi connectivity index (χ0n) is 8.84. The lowest BCUT2D eigenvalue weighted by molar-refractivity contribution is 0.560. The van der Waals surface area contributed by atoms with Crippen LogP contribution in [0.4, 0.5) is 0 Å². The van der Waals surface area contributed by atoms with Gasteiger partial charge in [0.25, 0.3) is 0 Å². The Morgan fingerprint density at radius 2 is 1.76 bits per heavy atom. The van der Waals surface area contributed by atoms with Crippen LogP contribution in [0.5, 0.6) is 0 Å². The average molecular weight is 291 g/mol. The van der Waals surface area contributed by atoms with E-state index in [0.717, 1.165) is 11.1 Å². The van der Waals surface area contributed by atoms with Crippen LogP contribution in [-0.4, -0.2) is 0 Å².